The van der Waals surface area contributed by atoms with Crippen molar-refractivity contribution in [2.24, 2.45) is 0 Å². The number of nitrogens with one attached hydrogen (secondary N) is 1. The summed E-state index contributed by atoms with van der Waals surface area (Å²) in [7, 11) is 1.58. The van der Waals surface area contributed by atoms with Gasteiger partial charge in [0.15, 0.2) is 0 Å². The summed E-state index contributed by atoms with van der Waals surface area (Å²) in [6, 6.07) is 10.8. The summed E-state index contributed by atoms with van der Waals surface area (Å²) in [6.07, 6.45) is 0.0800. The monoisotopic (exact) mass is 317 g/mol. The second-order valence-corrected chi connectivity index (χ2v) is 5.35. The van der Waals surface area contributed by atoms with Crippen molar-refractivity contribution in [2.75, 3.05) is 12.4 Å². The van der Waals surface area contributed by atoms with E-state index >= 15 is 0 Å². The highest BCUT2D eigenvalue weighted by molar-refractivity contribution is 6.04. The van der Waals surface area contributed by atoms with E-state index in [9.17, 15) is 9.18 Å². The lowest BCUT2D eigenvalue weighted by molar-refractivity contribution is 0.0644. The SMILES string of the molecule is COc1ccc(C(=O)Nc2ccc(F)cc2)cc1COC(C)C. The predicted molar refractivity (Wildman–Crippen MR) is 87.3 cm³/mol. The maximum atomic E-state index is 12.9. The highest BCUT2D eigenvalue weighted by Crippen LogP contribution is 2.22. The second-order valence-electron chi connectivity index (χ2n) is 5.35. The Morgan fingerprint density at radius 3 is 2.48 bits per heavy atom. The van der Waals surface area contributed by atoms with Gasteiger partial charge in [0.2, 0.25) is 0 Å². The van der Waals surface area contributed by atoms with Crippen LogP contribution < -0.4 is 10.1 Å². The Balaban J connectivity index is 2.16. The molecule has 0 fully saturated rings. The standard InChI is InChI=1S/C18H20FNO3/c1-12(2)23-11-14-10-13(4-9-17(14)22-3)18(21)20-16-7-5-15(19)6-8-16/h4-10,12H,11H2,1-3H3,(H,20,21). The number of amides is 1. The largest absolute Gasteiger partial charge is 0.496 e. The van der Waals surface area contributed by atoms with Crippen LogP contribution in [-0.4, -0.2) is 19.1 Å². The van der Waals surface area contributed by atoms with Gasteiger partial charge in [-0.15, -0.1) is 0 Å². The van der Waals surface area contributed by atoms with Crippen molar-refractivity contribution in [3.63, 3.8) is 0 Å². The number of rotatable bonds is 6. The maximum absolute atomic E-state index is 12.9. The quantitative estimate of drug-likeness (QED) is 0.875. The van der Waals surface area contributed by atoms with Crippen molar-refractivity contribution in [1.82, 2.24) is 0 Å². The van der Waals surface area contributed by atoms with Gasteiger partial charge in [-0.3, -0.25) is 4.79 Å². The molecule has 4 nitrogen and oxygen atoms in total. The van der Waals surface area contributed by atoms with Crippen LogP contribution >= 0.6 is 0 Å². The Morgan fingerprint density at radius 1 is 1.17 bits per heavy atom. The number of hydrogen-bond donors (Lipinski definition) is 1. The number of methoxy groups -OCH3 is 1. The van der Waals surface area contributed by atoms with Gasteiger partial charge in [-0.2, -0.15) is 0 Å². The summed E-state index contributed by atoms with van der Waals surface area (Å²) >= 11 is 0. The third-order valence-electron chi connectivity index (χ3n) is 3.22. The number of benzene rings is 2. The first-order valence-corrected chi connectivity index (χ1v) is 7.35. The Bertz CT molecular complexity index is 668. The molecule has 2 aromatic rings. The highest BCUT2D eigenvalue weighted by atomic mass is 19.1. The number of ether oxygens (including phenoxy) is 2. The van der Waals surface area contributed by atoms with Gasteiger partial charge in [0.05, 0.1) is 19.8 Å². The van der Waals surface area contributed by atoms with Crippen molar-refractivity contribution >= 4 is 11.6 Å². The predicted octanol–water partition coefficient (Wildman–Crippen LogP) is 4.01. The van der Waals surface area contributed by atoms with Crippen LogP contribution in [0.1, 0.15) is 29.8 Å². The lowest BCUT2D eigenvalue weighted by Gasteiger charge is -2.13. The third-order valence-corrected chi connectivity index (χ3v) is 3.22. The number of halogens is 1. The summed E-state index contributed by atoms with van der Waals surface area (Å²) in [5.74, 6) is 0.0506. The molecular formula is C18H20FNO3. The average molecular weight is 317 g/mol. The van der Waals surface area contributed by atoms with E-state index in [-0.39, 0.29) is 17.8 Å². The Hall–Kier alpha value is -2.40. The van der Waals surface area contributed by atoms with Gasteiger partial charge in [0, 0.05) is 16.8 Å². The van der Waals surface area contributed by atoms with Crippen LogP contribution in [-0.2, 0) is 11.3 Å². The number of hydrogen-bond acceptors (Lipinski definition) is 3. The van der Waals surface area contributed by atoms with Gasteiger partial charge < -0.3 is 14.8 Å². The van der Waals surface area contributed by atoms with Crippen molar-refractivity contribution in [1.29, 1.82) is 0 Å². The highest BCUT2D eigenvalue weighted by Gasteiger charge is 2.11. The summed E-state index contributed by atoms with van der Waals surface area (Å²) < 4.78 is 23.8. The molecule has 0 bridgehead atoms. The van der Waals surface area contributed by atoms with Gasteiger partial charge in [0.25, 0.3) is 5.91 Å². The third kappa shape index (κ3) is 4.79. The molecule has 2 aromatic carbocycles. The second kappa shape index (κ2) is 7.74. The fourth-order valence-electron chi connectivity index (χ4n) is 2.03. The lowest BCUT2D eigenvalue weighted by atomic mass is 10.1. The van der Waals surface area contributed by atoms with E-state index in [0.29, 0.717) is 23.6 Å². The molecule has 0 aromatic heterocycles. The van der Waals surface area contributed by atoms with Crippen molar-refractivity contribution in [3.05, 3.63) is 59.4 Å². The minimum atomic E-state index is -0.347. The van der Waals surface area contributed by atoms with Gasteiger partial charge in [-0.25, -0.2) is 4.39 Å². The smallest absolute Gasteiger partial charge is 0.255 e. The normalized spacial score (nSPS) is 10.7. The van der Waals surface area contributed by atoms with Crippen LogP contribution in [0.3, 0.4) is 0 Å². The molecule has 122 valence electrons. The molecule has 0 saturated carbocycles. The molecule has 0 spiro atoms. The molecule has 0 radical (unpaired) electrons. The van der Waals surface area contributed by atoms with Crippen LogP contribution in [0.4, 0.5) is 10.1 Å². The molecule has 2 rings (SSSR count). The van der Waals surface area contributed by atoms with E-state index in [1.807, 2.05) is 13.8 Å². The Labute approximate surface area is 135 Å². The number of anilines is 1. The van der Waals surface area contributed by atoms with Gasteiger partial charge in [-0.1, -0.05) is 0 Å². The Kier molecular flexibility index (Phi) is 5.71. The molecule has 1 N–H and O–H groups in total. The molecule has 0 unspecified atom stereocenters. The zero-order chi connectivity index (χ0) is 16.8. The number of carbonyl (C=O) groups is 1. The first-order chi connectivity index (χ1) is 11.0. The fraction of sp³-hybridized carbons (Fsp3) is 0.278. The first kappa shape index (κ1) is 17.0. The summed E-state index contributed by atoms with van der Waals surface area (Å²) in [6.45, 7) is 4.24. The molecule has 5 heteroatoms. The fourth-order valence-corrected chi connectivity index (χ4v) is 2.03. The molecule has 0 atom stereocenters. The van der Waals surface area contributed by atoms with Crippen LogP contribution in [0.5, 0.6) is 5.75 Å². The summed E-state index contributed by atoms with van der Waals surface area (Å²) in [5, 5.41) is 2.73. The molecule has 0 saturated heterocycles. The first-order valence-electron chi connectivity index (χ1n) is 7.35. The van der Waals surface area contributed by atoms with E-state index in [4.69, 9.17) is 9.47 Å². The molecule has 0 aliphatic heterocycles. The van der Waals surface area contributed by atoms with E-state index in [1.165, 1.54) is 24.3 Å². The molecule has 0 aliphatic carbocycles. The van der Waals surface area contributed by atoms with Gasteiger partial charge >= 0.3 is 0 Å². The van der Waals surface area contributed by atoms with E-state index in [1.54, 1.807) is 25.3 Å². The van der Waals surface area contributed by atoms with Crippen LogP contribution in [0.2, 0.25) is 0 Å². The van der Waals surface area contributed by atoms with E-state index < -0.39 is 0 Å². The maximum Gasteiger partial charge on any atom is 0.255 e. The molecule has 23 heavy (non-hydrogen) atoms. The molecule has 0 aliphatic rings. The molecule has 1 amide bonds. The average Bonchev–Trinajstić information content (AvgIpc) is 2.54. The van der Waals surface area contributed by atoms with Gasteiger partial charge in [-0.05, 0) is 56.3 Å². The zero-order valence-corrected chi connectivity index (χ0v) is 13.4. The lowest BCUT2D eigenvalue weighted by Crippen LogP contribution is -2.13. The minimum Gasteiger partial charge on any atom is -0.496 e. The van der Waals surface area contributed by atoms with Crippen molar-refractivity contribution in [2.45, 2.75) is 26.6 Å². The zero-order valence-electron chi connectivity index (χ0n) is 13.4. The van der Waals surface area contributed by atoms with Crippen molar-refractivity contribution < 1.29 is 18.7 Å². The Morgan fingerprint density at radius 2 is 1.87 bits per heavy atom. The minimum absolute atomic E-state index is 0.0800. The topological polar surface area (TPSA) is 47.6 Å². The van der Waals surface area contributed by atoms with E-state index in [2.05, 4.69) is 5.32 Å². The summed E-state index contributed by atoms with van der Waals surface area (Å²) in [5.41, 5.74) is 1.82. The van der Waals surface area contributed by atoms with Crippen LogP contribution in [0.25, 0.3) is 0 Å². The van der Waals surface area contributed by atoms with Gasteiger partial charge in [0.1, 0.15) is 11.6 Å². The van der Waals surface area contributed by atoms with Crippen LogP contribution in [0, 0.1) is 5.82 Å². The number of carbonyl (C=O) groups excluding carboxylic acids is 1. The van der Waals surface area contributed by atoms with Crippen LogP contribution in [0.15, 0.2) is 42.5 Å². The summed E-state index contributed by atoms with van der Waals surface area (Å²) in [4.78, 5) is 12.3. The van der Waals surface area contributed by atoms with Crippen molar-refractivity contribution in [3.8, 4) is 5.75 Å². The van der Waals surface area contributed by atoms with E-state index in [0.717, 1.165) is 5.56 Å². The molecule has 0 heterocycles. The molecular weight excluding hydrogens is 297 g/mol.